The molecule has 0 radical (unpaired) electrons. The summed E-state index contributed by atoms with van der Waals surface area (Å²) in [5.74, 6) is 1.27. The summed E-state index contributed by atoms with van der Waals surface area (Å²) in [6.07, 6.45) is 2.65. The van der Waals surface area contributed by atoms with Crippen molar-refractivity contribution in [1.29, 1.82) is 0 Å². The molecule has 1 aliphatic heterocycles. The molecule has 1 spiro atoms. The molecule has 2 aliphatic rings. The quantitative estimate of drug-likeness (QED) is 0.462. The van der Waals surface area contributed by atoms with Crippen LogP contribution >= 0.6 is 0 Å². The number of nitrogens with zero attached hydrogens (tertiary/aromatic N) is 1. The van der Waals surface area contributed by atoms with E-state index in [9.17, 15) is 9.00 Å². The maximum absolute atomic E-state index is 13.6. The van der Waals surface area contributed by atoms with E-state index < -0.39 is 11.0 Å². The van der Waals surface area contributed by atoms with Crippen LogP contribution in [0.15, 0.2) is 78.9 Å². The second-order valence-corrected chi connectivity index (χ2v) is 12.9. The number of nitrogens with one attached hydrogen (secondary N) is 1. The Balaban J connectivity index is 1.34. The molecule has 0 unspecified atom stereocenters. The number of para-hydroxylation sites is 2. The number of benzene rings is 3. The summed E-state index contributed by atoms with van der Waals surface area (Å²) in [6.45, 7) is 7.32. The molecule has 1 amide bonds. The van der Waals surface area contributed by atoms with Crippen LogP contribution in [0, 0.1) is 5.41 Å². The highest BCUT2D eigenvalue weighted by molar-refractivity contribution is 7.84. The highest BCUT2D eigenvalue weighted by Gasteiger charge is 2.49. The SMILES string of the molecule is CC(C)(C)[S@@](=O)N[C@@H]1c2ccccc2CC12CCN(C(=O)c1ccccc1Oc1ccccc1)CC2. The van der Waals surface area contributed by atoms with Crippen LogP contribution in [0.3, 0.4) is 0 Å². The van der Waals surface area contributed by atoms with Gasteiger partial charge in [-0.1, -0.05) is 54.6 Å². The molecule has 5 rings (SSSR count). The minimum atomic E-state index is -1.18. The standard InChI is InChI=1S/C30H34N2O3S/c1-29(2,3)36(34)31-27-24-14-8-7-11-22(24)21-30(27)17-19-32(20-18-30)28(33)25-15-9-10-16-26(25)35-23-12-5-4-6-13-23/h4-16,27,31H,17-21H2,1-3H3/t27-,36-/m1/s1. The van der Waals surface area contributed by atoms with E-state index in [4.69, 9.17) is 4.74 Å². The van der Waals surface area contributed by atoms with Crippen molar-refractivity contribution in [2.24, 2.45) is 5.41 Å². The van der Waals surface area contributed by atoms with Crippen molar-refractivity contribution in [3.8, 4) is 11.5 Å². The second kappa shape index (κ2) is 9.83. The Kier molecular flexibility index (Phi) is 6.75. The number of hydrogen-bond donors (Lipinski definition) is 1. The zero-order valence-electron chi connectivity index (χ0n) is 21.2. The lowest BCUT2D eigenvalue weighted by atomic mass is 9.73. The third-order valence-electron chi connectivity index (χ3n) is 7.44. The summed E-state index contributed by atoms with van der Waals surface area (Å²) in [4.78, 5) is 15.5. The van der Waals surface area contributed by atoms with Crippen LogP contribution in [0.25, 0.3) is 0 Å². The number of carbonyl (C=O) groups excluding carboxylic acids is 1. The highest BCUT2D eigenvalue weighted by atomic mass is 32.2. The monoisotopic (exact) mass is 502 g/mol. The second-order valence-electron chi connectivity index (χ2n) is 10.9. The van der Waals surface area contributed by atoms with Crippen molar-refractivity contribution < 1.29 is 13.7 Å². The van der Waals surface area contributed by atoms with Crippen molar-refractivity contribution in [2.45, 2.75) is 50.8 Å². The first-order valence-corrected chi connectivity index (χ1v) is 13.8. The molecular weight excluding hydrogens is 468 g/mol. The van der Waals surface area contributed by atoms with E-state index in [0.717, 1.165) is 19.3 Å². The van der Waals surface area contributed by atoms with Crippen LogP contribution in [0.2, 0.25) is 0 Å². The fourth-order valence-electron chi connectivity index (χ4n) is 5.40. The lowest BCUT2D eigenvalue weighted by molar-refractivity contribution is 0.0526. The van der Waals surface area contributed by atoms with Gasteiger partial charge in [0.1, 0.15) is 11.5 Å². The number of fused-ring (bicyclic) bond motifs is 1. The van der Waals surface area contributed by atoms with Gasteiger partial charge >= 0.3 is 0 Å². The maximum atomic E-state index is 13.6. The molecule has 1 fully saturated rings. The molecule has 3 aromatic rings. The lowest BCUT2D eigenvalue weighted by Crippen LogP contribution is -2.49. The Morgan fingerprint density at radius 3 is 2.31 bits per heavy atom. The molecule has 188 valence electrons. The predicted molar refractivity (Wildman–Crippen MR) is 144 cm³/mol. The molecule has 6 heteroatoms. The van der Waals surface area contributed by atoms with Crippen LogP contribution < -0.4 is 9.46 Å². The summed E-state index contributed by atoms with van der Waals surface area (Å²) >= 11 is 0. The molecule has 2 atom stereocenters. The normalized spacial score (nSPS) is 19.6. The van der Waals surface area contributed by atoms with Gasteiger partial charge in [-0.25, -0.2) is 8.93 Å². The van der Waals surface area contributed by atoms with Gasteiger partial charge in [-0.15, -0.1) is 0 Å². The number of carbonyl (C=O) groups is 1. The van der Waals surface area contributed by atoms with Crippen molar-refractivity contribution >= 4 is 16.9 Å². The molecule has 1 N–H and O–H groups in total. The molecule has 3 aromatic carbocycles. The smallest absolute Gasteiger partial charge is 0.257 e. The summed E-state index contributed by atoms with van der Waals surface area (Å²) in [6, 6.07) is 25.5. The Bertz CT molecular complexity index is 1260. The number of hydrogen-bond acceptors (Lipinski definition) is 3. The zero-order chi connectivity index (χ0) is 25.3. The first kappa shape index (κ1) is 24.7. The Morgan fingerprint density at radius 2 is 1.58 bits per heavy atom. The number of piperidine rings is 1. The van der Waals surface area contributed by atoms with Gasteiger partial charge in [0.15, 0.2) is 0 Å². The van der Waals surface area contributed by atoms with Crippen LogP contribution in [0.1, 0.15) is 61.1 Å². The predicted octanol–water partition coefficient (Wildman–Crippen LogP) is 6.05. The summed E-state index contributed by atoms with van der Waals surface area (Å²) in [5.41, 5.74) is 3.09. The number of likely N-dealkylation sites (tertiary alicyclic amines) is 1. The molecule has 1 aliphatic carbocycles. The topological polar surface area (TPSA) is 58.6 Å². The van der Waals surface area contributed by atoms with E-state index in [1.807, 2.05) is 80.3 Å². The van der Waals surface area contributed by atoms with Crippen molar-refractivity contribution in [3.05, 3.63) is 95.6 Å². The van der Waals surface area contributed by atoms with E-state index in [2.05, 4.69) is 29.0 Å². The van der Waals surface area contributed by atoms with Crippen molar-refractivity contribution in [3.63, 3.8) is 0 Å². The van der Waals surface area contributed by atoms with Crippen LogP contribution in [0.4, 0.5) is 0 Å². The molecule has 0 bridgehead atoms. The van der Waals surface area contributed by atoms with Crippen LogP contribution in [-0.4, -0.2) is 32.9 Å². The molecule has 5 nitrogen and oxygen atoms in total. The van der Waals surface area contributed by atoms with Gasteiger partial charge in [0, 0.05) is 13.1 Å². The summed E-state index contributed by atoms with van der Waals surface area (Å²) in [5, 5.41) is 0. The largest absolute Gasteiger partial charge is 0.457 e. The average molecular weight is 503 g/mol. The third kappa shape index (κ3) is 4.84. The minimum absolute atomic E-state index is 0.00494. The summed E-state index contributed by atoms with van der Waals surface area (Å²) < 4.78 is 22.3. The Morgan fingerprint density at radius 1 is 0.944 bits per heavy atom. The molecular formula is C30H34N2O3S. The van der Waals surface area contributed by atoms with Gasteiger partial charge in [0.2, 0.25) is 0 Å². The van der Waals surface area contributed by atoms with E-state index in [-0.39, 0.29) is 22.1 Å². The highest BCUT2D eigenvalue weighted by Crippen LogP contribution is 2.52. The summed E-state index contributed by atoms with van der Waals surface area (Å²) in [7, 11) is -1.18. The average Bonchev–Trinajstić information content (AvgIpc) is 3.17. The van der Waals surface area contributed by atoms with Crippen molar-refractivity contribution in [2.75, 3.05) is 13.1 Å². The minimum Gasteiger partial charge on any atom is -0.457 e. The van der Waals surface area contributed by atoms with E-state index in [1.165, 1.54) is 11.1 Å². The number of amides is 1. The van der Waals surface area contributed by atoms with Crippen LogP contribution in [0.5, 0.6) is 11.5 Å². The molecule has 1 heterocycles. The third-order valence-corrected chi connectivity index (χ3v) is 9.00. The zero-order valence-corrected chi connectivity index (χ0v) is 22.0. The Hall–Kier alpha value is -2.96. The van der Waals surface area contributed by atoms with E-state index in [1.54, 1.807) is 0 Å². The van der Waals surface area contributed by atoms with Crippen molar-refractivity contribution in [1.82, 2.24) is 9.62 Å². The first-order valence-electron chi connectivity index (χ1n) is 12.6. The van der Waals surface area contributed by atoms with Gasteiger partial charge < -0.3 is 9.64 Å². The first-order chi connectivity index (χ1) is 17.3. The lowest BCUT2D eigenvalue weighted by Gasteiger charge is -2.44. The van der Waals surface area contributed by atoms with Gasteiger partial charge in [0.05, 0.1) is 27.3 Å². The van der Waals surface area contributed by atoms with Gasteiger partial charge in [0.25, 0.3) is 5.91 Å². The van der Waals surface area contributed by atoms with Gasteiger partial charge in [-0.2, -0.15) is 0 Å². The number of ether oxygens (including phenoxy) is 1. The Labute approximate surface area is 216 Å². The fourth-order valence-corrected chi connectivity index (χ4v) is 6.34. The molecule has 1 saturated heterocycles. The molecule has 0 saturated carbocycles. The maximum Gasteiger partial charge on any atom is 0.257 e. The number of rotatable bonds is 5. The fraction of sp³-hybridized carbons (Fsp3) is 0.367. The van der Waals surface area contributed by atoms with Gasteiger partial charge in [-0.3, -0.25) is 4.79 Å². The van der Waals surface area contributed by atoms with Crippen LogP contribution in [-0.2, 0) is 17.4 Å². The van der Waals surface area contributed by atoms with Gasteiger partial charge in [-0.05, 0) is 80.8 Å². The molecule has 36 heavy (non-hydrogen) atoms. The van der Waals surface area contributed by atoms with E-state index >= 15 is 0 Å². The molecule has 0 aromatic heterocycles. The van der Waals surface area contributed by atoms with E-state index in [0.29, 0.717) is 30.2 Å².